The molecule has 0 radical (unpaired) electrons. The molecule has 1 aliphatic rings. The van der Waals surface area contributed by atoms with Crippen molar-refractivity contribution >= 4 is 29.3 Å². The zero-order chi connectivity index (χ0) is 13.9. The Morgan fingerprint density at radius 1 is 1.30 bits per heavy atom. The molecule has 20 heavy (non-hydrogen) atoms. The summed E-state index contributed by atoms with van der Waals surface area (Å²) in [4.78, 5) is 18.3. The first-order chi connectivity index (χ1) is 9.76. The van der Waals surface area contributed by atoms with Gasteiger partial charge in [0, 0.05) is 43.2 Å². The molecule has 1 unspecified atom stereocenters. The molecule has 104 valence electrons. The molecule has 0 aliphatic carbocycles. The molecule has 0 N–H and O–H groups in total. The lowest BCUT2D eigenvalue weighted by atomic mass is 10.1. The summed E-state index contributed by atoms with van der Waals surface area (Å²) in [7, 11) is 0. The molecule has 1 fully saturated rings. The van der Waals surface area contributed by atoms with Gasteiger partial charge in [0.05, 0.1) is 0 Å². The first-order valence-corrected chi connectivity index (χ1v) is 7.62. The van der Waals surface area contributed by atoms with E-state index in [2.05, 4.69) is 35.8 Å². The van der Waals surface area contributed by atoms with Crippen LogP contribution in [0.3, 0.4) is 0 Å². The zero-order valence-electron chi connectivity index (χ0n) is 11.3. The van der Waals surface area contributed by atoms with Crippen LogP contribution in [0.15, 0.2) is 36.5 Å². The largest absolute Gasteiger partial charge is 0.342 e. The van der Waals surface area contributed by atoms with Crippen molar-refractivity contribution in [1.29, 1.82) is 0 Å². The van der Waals surface area contributed by atoms with Gasteiger partial charge in [0.2, 0.25) is 5.91 Å². The van der Waals surface area contributed by atoms with E-state index in [1.165, 1.54) is 5.39 Å². The van der Waals surface area contributed by atoms with Gasteiger partial charge < -0.3 is 4.90 Å². The molecule has 0 bridgehead atoms. The second-order valence-corrected chi connectivity index (χ2v) is 5.73. The van der Waals surface area contributed by atoms with Gasteiger partial charge in [0.1, 0.15) is 0 Å². The van der Waals surface area contributed by atoms with Crippen LogP contribution in [-0.4, -0.2) is 34.6 Å². The van der Waals surface area contributed by atoms with E-state index >= 15 is 0 Å². The first kappa shape index (κ1) is 13.4. The highest BCUT2D eigenvalue weighted by Crippen LogP contribution is 2.19. The van der Waals surface area contributed by atoms with Gasteiger partial charge >= 0.3 is 0 Å². The zero-order valence-corrected chi connectivity index (χ0v) is 12.2. The lowest BCUT2D eigenvalue weighted by Gasteiger charge is -2.16. The van der Waals surface area contributed by atoms with Crippen LogP contribution in [0, 0.1) is 5.92 Å². The summed E-state index contributed by atoms with van der Waals surface area (Å²) in [6.07, 6.45) is 3.37. The number of carbonyl (C=O) groups excluding carboxylic acids is 1. The van der Waals surface area contributed by atoms with Gasteiger partial charge in [0.25, 0.3) is 0 Å². The number of pyridine rings is 1. The molecular formula is C16H18N2OS. The molecule has 1 aliphatic heterocycles. The molecule has 2 aromatic rings. The lowest BCUT2D eigenvalue weighted by Crippen LogP contribution is -2.27. The number of nitrogens with zero attached hydrogens (tertiary/aromatic N) is 2. The Hall–Kier alpha value is -1.55. The van der Waals surface area contributed by atoms with E-state index in [1.54, 1.807) is 0 Å². The number of hydrogen-bond donors (Lipinski definition) is 1. The Balaban J connectivity index is 1.66. The molecule has 4 heteroatoms. The minimum atomic E-state index is 0.254. The Morgan fingerprint density at radius 3 is 2.85 bits per heavy atom. The number of thiol groups is 1. The van der Waals surface area contributed by atoms with Crippen LogP contribution in [0.2, 0.25) is 0 Å². The van der Waals surface area contributed by atoms with E-state index in [4.69, 9.17) is 0 Å². The van der Waals surface area contributed by atoms with Gasteiger partial charge in [-0.05, 0) is 23.1 Å². The van der Waals surface area contributed by atoms with Crippen LogP contribution in [0.1, 0.15) is 12.1 Å². The van der Waals surface area contributed by atoms with Crippen molar-refractivity contribution in [3.63, 3.8) is 0 Å². The summed E-state index contributed by atoms with van der Waals surface area (Å²) in [6, 6.07) is 10.3. The van der Waals surface area contributed by atoms with E-state index in [0.717, 1.165) is 36.3 Å². The second kappa shape index (κ2) is 5.83. The molecule has 1 amide bonds. The fraction of sp³-hybridized carbons (Fsp3) is 0.375. The highest BCUT2D eigenvalue weighted by molar-refractivity contribution is 7.80. The number of aromatic nitrogens is 1. The maximum Gasteiger partial charge on any atom is 0.222 e. The molecule has 0 saturated carbocycles. The third kappa shape index (κ3) is 2.80. The Kier molecular flexibility index (Phi) is 3.92. The van der Waals surface area contributed by atoms with Crippen LogP contribution in [0.25, 0.3) is 10.8 Å². The van der Waals surface area contributed by atoms with Crippen LogP contribution in [0.4, 0.5) is 0 Å². The Labute approximate surface area is 124 Å². The SMILES string of the molecule is O=C1CC(CS)CN1CCc1cc2ccccc2cn1. The lowest BCUT2D eigenvalue weighted by molar-refractivity contribution is -0.127. The highest BCUT2D eigenvalue weighted by atomic mass is 32.1. The number of fused-ring (bicyclic) bond motifs is 1. The first-order valence-electron chi connectivity index (χ1n) is 6.98. The van der Waals surface area contributed by atoms with Crippen LogP contribution in [0.5, 0.6) is 0 Å². The maximum absolute atomic E-state index is 11.8. The molecular weight excluding hydrogens is 268 g/mol. The molecule has 1 saturated heterocycles. The number of carbonyl (C=O) groups is 1. The number of amides is 1. The summed E-state index contributed by atoms with van der Waals surface area (Å²) < 4.78 is 0. The van der Waals surface area contributed by atoms with Gasteiger partial charge in [-0.25, -0.2) is 0 Å². The standard InChI is InChI=1S/C16H18N2OS/c19-16-7-12(11-20)10-18(16)6-5-15-8-13-3-1-2-4-14(13)9-17-15/h1-4,8-9,12,20H,5-7,10-11H2. The molecule has 1 aromatic carbocycles. The van der Waals surface area contributed by atoms with Crippen molar-refractivity contribution in [2.75, 3.05) is 18.8 Å². The van der Waals surface area contributed by atoms with Crippen LogP contribution in [-0.2, 0) is 11.2 Å². The van der Waals surface area contributed by atoms with Crippen molar-refractivity contribution in [3.8, 4) is 0 Å². The average Bonchev–Trinajstić information content (AvgIpc) is 2.85. The van der Waals surface area contributed by atoms with E-state index in [9.17, 15) is 4.79 Å². The summed E-state index contributed by atoms with van der Waals surface area (Å²) >= 11 is 4.28. The van der Waals surface area contributed by atoms with Gasteiger partial charge in [-0.1, -0.05) is 24.3 Å². The summed E-state index contributed by atoms with van der Waals surface area (Å²) in [5, 5.41) is 2.36. The quantitative estimate of drug-likeness (QED) is 0.876. The smallest absolute Gasteiger partial charge is 0.222 e. The average molecular weight is 286 g/mol. The predicted octanol–water partition coefficient (Wildman–Crippen LogP) is 2.56. The van der Waals surface area contributed by atoms with Crippen LogP contribution >= 0.6 is 12.6 Å². The second-order valence-electron chi connectivity index (χ2n) is 5.37. The number of hydrogen-bond acceptors (Lipinski definition) is 3. The fourth-order valence-electron chi connectivity index (χ4n) is 2.71. The number of likely N-dealkylation sites (tertiary alicyclic amines) is 1. The van der Waals surface area contributed by atoms with Gasteiger partial charge in [0.15, 0.2) is 0 Å². The molecule has 1 aromatic heterocycles. The molecule has 3 nitrogen and oxygen atoms in total. The number of rotatable bonds is 4. The third-order valence-corrected chi connectivity index (χ3v) is 4.39. The van der Waals surface area contributed by atoms with Gasteiger partial charge in [-0.2, -0.15) is 12.6 Å². The third-order valence-electron chi connectivity index (χ3n) is 3.88. The van der Waals surface area contributed by atoms with Crippen LogP contribution < -0.4 is 0 Å². The summed E-state index contributed by atoms with van der Waals surface area (Å²) in [5.74, 6) is 1.46. The Morgan fingerprint density at radius 2 is 2.10 bits per heavy atom. The fourth-order valence-corrected chi connectivity index (χ4v) is 2.95. The Bertz CT molecular complexity index is 629. The van der Waals surface area contributed by atoms with E-state index < -0.39 is 0 Å². The molecule has 0 spiro atoms. The monoisotopic (exact) mass is 286 g/mol. The topological polar surface area (TPSA) is 33.2 Å². The predicted molar refractivity (Wildman–Crippen MR) is 84.0 cm³/mol. The minimum Gasteiger partial charge on any atom is -0.342 e. The molecule has 1 atom stereocenters. The minimum absolute atomic E-state index is 0.254. The molecule has 2 heterocycles. The van der Waals surface area contributed by atoms with Crippen molar-refractivity contribution in [1.82, 2.24) is 9.88 Å². The van der Waals surface area contributed by atoms with Gasteiger partial charge in [-0.15, -0.1) is 0 Å². The van der Waals surface area contributed by atoms with E-state index in [-0.39, 0.29) is 5.91 Å². The van der Waals surface area contributed by atoms with Crippen molar-refractivity contribution in [2.45, 2.75) is 12.8 Å². The van der Waals surface area contributed by atoms with E-state index in [0.29, 0.717) is 12.3 Å². The molecule has 3 rings (SSSR count). The van der Waals surface area contributed by atoms with Crippen molar-refractivity contribution in [2.24, 2.45) is 5.92 Å². The highest BCUT2D eigenvalue weighted by Gasteiger charge is 2.27. The number of benzene rings is 1. The van der Waals surface area contributed by atoms with E-state index in [1.807, 2.05) is 23.2 Å². The van der Waals surface area contributed by atoms with Gasteiger partial charge in [-0.3, -0.25) is 9.78 Å². The van der Waals surface area contributed by atoms with Crippen molar-refractivity contribution < 1.29 is 4.79 Å². The summed E-state index contributed by atoms with van der Waals surface area (Å²) in [5.41, 5.74) is 1.05. The maximum atomic E-state index is 11.8. The van der Waals surface area contributed by atoms with Crippen molar-refractivity contribution in [3.05, 3.63) is 42.2 Å². The normalized spacial score (nSPS) is 18.9. The summed E-state index contributed by atoms with van der Waals surface area (Å²) in [6.45, 7) is 1.60.